The summed E-state index contributed by atoms with van der Waals surface area (Å²) in [7, 11) is 0. The van der Waals surface area contributed by atoms with Gasteiger partial charge < -0.3 is 16.3 Å². The molecule has 0 atom stereocenters. The molecule has 0 saturated carbocycles. The normalized spacial score (nSPS) is 10.9. The molecule has 0 spiro atoms. The van der Waals surface area contributed by atoms with Crippen LogP contribution in [0, 0.1) is 5.41 Å². The van der Waals surface area contributed by atoms with E-state index in [0.717, 1.165) is 10.7 Å². The van der Waals surface area contributed by atoms with E-state index in [1.165, 1.54) is 0 Å². The second-order valence-electron chi connectivity index (χ2n) is 4.73. The molecule has 0 fully saturated rings. The SMILES string of the molecule is N=C(N)N(N=C(N)NOc1ccccc1)OCCc1ccccc1. The largest absolute Gasteiger partial charge is 0.379 e. The molecule has 0 saturated heterocycles. The van der Waals surface area contributed by atoms with Crippen LogP contribution in [0.1, 0.15) is 5.56 Å². The van der Waals surface area contributed by atoms with Gasteiger partial charge in [0.15, 0.2) is 5.75 Å². The van der Waals surface area contributed by atoms with E-state index in [4.69, 9.17) is 26.6 Å². The van der Waals surface area contributed by atoms with E-state index < -0.39 is 5.96 Å². The highest BCUT2D eigenvalue weighted by Gasteiger charge is 2.07. The number of nitrogens with two attached hydrogens (primary N) is 2. The summed E-state index contributed by atoms with van der Waals surface area (Å²) in [5.41, 5.74) is 14.7. The van der Waals surface area contributed by atoms with Crippen LogP contribution in [0.3, 0.4) is 0 Å². The summed E-state index contributed by atoms with van der Waals surface area (Å²) in [6.45, 7) is 0.292. The van der Waals surface area contributed by atoms with Gasteiger partial charge in [-0.25, -0.2) is 4.84 Å². The Hall–Kier alpha value is -3.26. The Bertz CT molecular complexity index is 663. The van der Waals surface area contributed by atoms with Crippen LogP contribution in [-0.4, -0.2) is 23.7 Å². The van der Waals surface area contributed by atoms with Crippen molar-refractivity contribution in [3.8, 4) is 5.75 Å². The lowest BCUT2D eigenvalue weighted by Crippen LogP contribution is -2.40. The van der Waals surface area contributed by atoms with Gasteiger partial charge in [-0.15, -0.1) is 5.10 Å². The Morgan fingerprint density at radius 3 is 2.29 bits per heavy atom. The summed E-state index contributed by atoms with van der Waals surface area (Å²) < 4.78 is 0. The van der Waals surface area contributed by atoms with Crippen molar-refractivity contribution < 1.29 is 9.68 Å². The van der Waals surface area contributed by atoms with E-state index in [2.05, 4.69) is 10.6 Å². The Balaban J connectivity index is 1.83. The number of hydroxylamine groups is 2. The number of nitrogens with zero attached hydrogens (tertiary/aromatic N) is 2. The molecule has 0 aliphatic carbocycles. The van der Waals surface area contributed by atoms with Gasteiger partial charge in [0.05, 0.1) is 6.61 Å². The minimum absolute atomic E-state index is 0.103. The first-order valence-electron chi connectivity index (χ1n) is 7.28. The minimum atomic E-state index is -0.396. The summed E-state index contributed by atoms with van der Waals surface area (Å²) in [5.74, 6) is 0.0660. The first-order valence-corrected chi connectivity index (χ1v) is 7.28. The van der Waals surface area contributed by atoms with Gasteiger partial charge in [-0.2, -0.15) is 5.48 Å². The van der Waals surface area contributed by atoms with Crippen molar-refractivity contribution in [1.29, 1.82) is 5.41 Å². The zero-order valence-electron chi connectivity index (χ0n) is 13.1. The van der Waals surface area contributed by atoms with Crippen molar-refractivity contribution >= 4 is 11.9 Å². The zero-order valence-corrected chi connectivity index (χ0v) is 13.1. The molecule has 2 aromatic rings. The number of benzene rings is 2. The van der Waals surface area contributed by atoms with Gasteiger partial charge in [-0.05, 0) is 24.1 Å². The molecule has 24 heavy (non-hydrogen) atoms. The molecule has 0 aromatic heterocycles. The van der Waals surface area contributed by atoms with E-state index in [1.54, 1.807) is 12.1 Å². The fraction of sp³-hybridized carbons (Fsp3) is 0.125. The quantitative estimate of drug-likeness (QED) is 0.344. The topological polar surface area (TPSA) is 122 Å². The summed E-state index contributed by atoms with van der Waals surface area (Å²) >= 11 is 0. The molecule has 2 rings (SSSR count). The van der Waals surface area contributed by atoms with Crippen molar-refractivity contribution in [2.45, 2.75) is 6.42 Å². The van der Waals surface area contributed by atoms with Crippen molar-refractivity contribution in [2.75, 3.05) is 6.61 Å². The van der Waals surface area contributed by atoms with Crippen molar-refractivity contribution in [3.63, 3.8) is 0 Å². The molecular weight excluding hydrogens is 308 g/mol. The van der Waals surface area contributed by atoms with Gasteiger partial charge in [-0.1, -0.05) is 53.7 Å². The average Bonchev–Trinajstić information content (AvgIpc) is 2.61. The average molecular weight is 328 g/mol. The first-order chi connectivity index (χ1) is 11.6. The fourth-order valence-electron chi connectivity index (χ4n) is 1.76. The molecule has 0 aliphatic rings. The second-order valence-corrected chi connectivity index (χ2v) is 4.73. The standard InChI is InChI=1S/C16H20N6O2/c17-15(18)22(23-12-11-13-7-3-1-4-8-13)20-16(19)21-24-14-9-5-2-6-10-14/h1-10H,11-12H2,(H3,17,18)(H3,19,20,21). The second kappa shape index (κ2) is 9.01. The first kappa shape index (κ1) is 17.1. The minimum Gasteiger partial charge on any atom is -0.379 e. The number of nitrogens with one attached hydrogen (secondary N) is 2. The summed E-state index contributed by atoms with van der Waals surface area (Å²) in [6.07, 6.45) is 0.647. The van der Waals surface area contributed by atoms with Crippen LogP contribution in [0.15, 0.2) is 65.8 Å². The van der Waals surface area contributed by atoms with Crippen LogP contribution in [0.2, 0.25) is 0 Å². The molecule has 0 unspecified atom stereocenters. The van der Waals surface area contributed by atoms with Crippen LogP contribution < -0.4 is 21.8 Å². The van der Waals surface area contributed by atoms with E-state index in [1.807, 2.05) is 48.5 Å². The third-order valence-corrected chi connectivity index (χ3v) is 2.87. The Morgan fingerprint density at radius 1 is 1.04 bits per heavy atom. The molecule has 8 nitrogen and oxygen atoms in total. The maximum Gasteiger partial charge on any atom is 0.247 e. The molecule has 0 heterocycles. The molecule has 0 radical (unpaired) electrons. The van der Waals surface area contributed by atoms with Crippen LogP contribution in [-0.2, 0) is 11.3 Å². The van der Waals surface area contributed by atoms with Crippen molar-refractivity contribution in [1.82, 2.24) is 10.7 Å². The lowest BCUT2D eigenvalue weighted by molar-refractivity contribution is -0.0998. The number of hydrazone groups is 1. The summed E-state index contributed by atoms with van der Waals surface area (Å²) in [5, 5.41) is 12.1. The predicted molar refractivity (Wildman–Crippen MR) is 91.7 cm³/mol. The number of hydrogen-bond donors (Lipinski definition) is 4. The predicted octanol–water partition coefficient (Wildman–Crippen LogP) is 1.17. The monoisotopic (exact) mass is 328 g/mol. The number of hydrogen-bond acceptors (Lipinski definition) is 4. The maximum absolute atomic E-state index is 7.47. The van der Waals surface area contributed by atoms with E-state index in [0.29, 0.717) is 18.8 Å². The zero-order chi connectivity index (χ0) is 17.2. The lowest BCUT2D eigenvalue weighted by atomic mass is 10.2. The van der Waals surface area contributed by atoms with Crippen molar-refractivity contribution in [3.05, 3.63) is 66.2 Å². The number of para-hydroxylation sites is 1. The lowest BCUT2D eigenvalue weighted by Gasteiger charge is -2.17. The van der Waals surface area contributed by atoms with Crippen LogP contribution in [0.25, 0.3) is 0 Å². The highest BCUT2D eigenvalue weighted by molar-refractivity contribution is 5.80. The molecule has 0 bridgehead atoms. The van der Waals surface area contributed by atoms with Crippen LogP contribution in [0.5, 0.6) is 5.75 Å². The molecule has 126 valence electrons. The van der Waals surface area contributed by atoms with E-state index in [-0.39, 0.29) is 5.96 Å². The molecule has 8 heteroatoms. The van der Waals surface area contributed by atoms with E-state index >= 15 is 0 Å². The molecular formula is C16H20N6O2. The van der Waals surface area contributed by atoms with Gasteiger partial charge in [0, 0.05) is 0 Å². The van der Waals surface area contributed by atoms with Gasteiger partial charge in [0.25, 0.3) is 0 Å². The Morgan fingerprint density at radius 2 is 1.67 bits per heavy atom. The molecule has 2 aromatic carbocycles. The van der Waals surface area contributed by atoms with Gasteiger partial charge in [0.2, 0.25) is 11.9 Å². The molecule has 0 aliphatic heterocycles. The number of rotatable bonds is 7. The van der Waals surface area contributed by atoms with Gasteiger partial charge >= 0.3 is 0 Å². The Labute approximate surface area is 140 Å². The fourth-order valence-corrected chi connectivity index (χ4v) is 1.76. The number of guanidine groups is 2. The smallest absolute Gasteiger partial charge is 0.247 e. The van der Waals surface area contributed by atoms with Crippen LogP contribution >= 0.6 is 0 Å². The third kappa shape index (κ3) is 5.85. The molecule has 6 N–H and O–H groups in total. The Kier molecular flexibility index (Phi) is 6.42. The van der Waals surface area contributed by atoms with Gasteiger partial charge in [-0.3, -0.25) is 5.41 Å². The summed E-state index contributed by atoms with van der Waals surface area (Å²) in [6, 6.07) is 18.8. The third-order valence-electron chi connectivity index (χ3n) is 2.87. The maximum atomic E-state index is 7.47. The van der Waals surface area contributed by atoms with E-state index in [9.17, 15) is 0 Å². The summed E-state index contributed by atoms with van der Waals surface area (Å²) in [4.78, 5) is 10.6. The van der Waals surface area contributed by atoms with Crippen LogP contribution in [0.4, 0.5) is 0 Å². The van der Waals surface area contributed by atoms with Crippen molar-refractivity contribution in [2.24, 2.45) is 16.6 Å². The van der Waals surface area contributed by atoms with Gasteiger partial charge in [0.1, 0.15) is 0 Å². The highest BCUT2D eigenvalue weighted by atomic mass is 16.7. The molecule has 0 amide bonds. The highest BCUT2D eigenvalue weighted by Crippen LogP contribution is 2.06.